The van der Waals surface area contributed by atoms with Gasteiger partial charge in [-0.05, 0) is 18.2 Å². The molecule has 0 saturated carbocycles. The lowest BCUT2D eigenvalue weighted by molar-refractivity contribution is -0.137. The molecule has 0 bridgehead atoms. The molecule has 1 N–H and O–H groups in total. The summed E-state index contributed by atoms with van der Waals surface area (Å²) in [4.78, 5) is 11.5. The molecule has 0 aliphatic rings. The Balaban J connectivity index is 2.85. The minimum Gasteiger partial charge on any atom is -0.347 e. The van der Waals surface area contributed by atoms with Crippen LogP contribution < -0.4 is 5.32 Å². The Bertz CT molecular complexity index is 443. The van der Waals surface area contributed by atoms with E-state index in [1.807, 2.05) is 0 Å². The van der Waals surface area contributed by atoms with Gasteiger partial charge in [0.2, 0.25) is 0 Å². The van der Waals surface area contributed by atoms with E-state index < -0.39 is 17.6 Å². The topological polar surface area (TPSA) is 29.1 Å². The largest absolute Gasteiger partial charge is 0.416 e. The van der Waals surface area contributed by atoms with Crippen molar-refractivity contribution in [2.24, 2.45) is 0 Å². The molecule has 1 aromatic rings. The molecule has 1 rings (SSSR count). The molecule has 6 heteroatoms. The average Bonchev–Trinajstić information content (AvgIpc) is 2.25. The predicted octanol–water partition coefficient (Wildman–Crippen LogP) is 3.19. The van der Waals surface area contributed by atoms with Gasteiger partial charge in [-0.25, -0.2) is 0 Å². The fraction of sp³-hybridized carbons (Fsp3) is 0.182. The van der Waals surface area contributed by atoms with Crippen LogP contribution >= 0.6 is 11.6 Å². The van der Waals surface area contributed by atoms with Crippen LogP contribution in [0.5, 0.6) is 0 Å². The first-order valence-corrected chi connectivity index (χ1v) is 4.97. The van der Waals surface area contributed by atoms with Crippen molar-refractivity contribution in [1.29, 1.82) is 0 Å². The number of hydrogen-bond donors (Lipinski definition) is 1. The maximum absolute atomic E-state index is 12.4. The van der Waals surface area contributed by atoms with Crippen LogP contribution in [0.15, 0.2) is 35.9 Å². The van der Waals surface area contributed by atoms with Crippen molar-refractivity contribution >= 4 is 17.5 Å². The number of rotatable bonds is 3. The maximum Gasteiger partial charge on any atom is 0.416 e. The highest BCUT2D eigenvalue weighted by Gasteiger charge is 2.30. The van der Waals surface area contributed by atoms with E-state index in [0.29, 0.717) is 0 Å². The standard InChI is InChI=1S/C11H9ClF3NO/c1-7(12)6-16-10(17)8-3-2-4-9(5-8)11(13,14)15/h2-5H,1,6H2,(H,16,17). The molecule has 0 radical (unpaired) electrons. The minimum absolute atomic E-state index is 0.0105. The maximum atomic E-state index is 12.4. The van der Waals surface area contributed by atoms with Gasteiger partial charge in [0.1, 0.15) is 0 Å². The van der Waals surface area contributed by atoms with E-state index in [-0.39, 0.29) is 17.1 Å². The van der Waals surface area contributed by atoms with Crippen LogP contribution in [0.2, 0.25) is 0 Å². The highest BCUT2D eigenvalue weighted by Crippen LogP contribution is 2.29. The van der Waals surface area contributed by atoms with Crippen molar-refractivity contribution in [3.63, 3.8) is 0 Å². The summed E-state index contributed by atoms with van der Waals surface area (Å²) in [5.74, 6) is -0.627. The first kappa shape index (κ1) is 13.6. The SMILES string of the molecule is C=C(Cl)CNC(=O)c1cccc(C(F)(F)F)c1. The van der Waals surface area contributed by atoms with Crippen molar-refractivity contribution in [2.75, 3.05) is 6.54 Å². The Kier molecular flexibility index (Phi) is 4.17. The van der Waals surface area contributed by atoms with Crippen LogP contribution in [0.3, 0.4) is 0 Å². The van der Waals surface area contributed by atoms with Crippen molar-refractivity contribution < 1.29 is 18.0 Å². The summed E-state index contributed by atoms with van der Waals surface area (Å²) in [6, 6.07) is 4.15. The first-order valence-electron chi connectivity index (χ1n) is 4.59. The smallest absolute Gasteiger partial charge is 0.347 e. The first-order chi connectivity index (χ1) is 7.80. The lowest BCUT2D eigenvalue weighted by Gasteiger charge is -2.08. The number of hydrogen-bond acceptors (Lipinski definition) is 1. The molecule has 0 spiro atoms. The zero-order valence-corrected chi connectivity index (χ0v) is 9.40. The predicted molar refractivity (Wildman–Crippen MR) is 58.8 cm³/mol. The van der Waals surface area contributed by atoms with Crippen molar-refractivity contribution in [1.82, 2.24) is 5.32 Å². The lowest BCUT2D eigenvalue weighted by Crippen LogP contribution is -2.24. The molecule has 0 aliphatic heterocycles. The molecule has 0 atom stereocenters. The van der Waals surface area contributed by atoms with Gasteiger partial charge in [-0.2, -0.15) is 13.2 Å². The molecule has 0 heterocycles. The second-order valence-corrected chi connectivity index (χ2v) is 3.81. The molecule has 17 heavy (non-hydrogen) atoms. The summed E-state index contributed by atoms with van der Waals surface area (Å²) in [5.41, 5.74) is -0.937. The van der Waals surface area contributed by atoms with Gasteiger partial charge in [0.05, 0.1) is 12.1 Å². The van der Waals surface area contributed by atoms with Crippen molar-refractivity contribution in [3.05, 3.63) is 47.0 Å². The Morgan fingerprint density at radius 3 is 2.59 bits per heavy atom. The van der Waals surface area contributed by atoms with Gasteiger partial charge in [0, 0.05) is 10.6 Å². The highest BCUT2D eigenvalue weighted by atomic mass is 35.5. The summed E-state index contributed by atoms with van der Waals surface area (Å²) in [5, 5.41) is 2.54. The summed E-state index contributed by atoms with van der Waals surface area (Å²) in [6.07, 6.45) is -4.47. The molecule has 1 amide bonds. The molecule has 1 aromatic carbocycles. The second-order valence-electron chi connectivity index (χ2n) is 3.28. The van der Waals surface area contributed by atoms with Crippen LogP contribution in [0.1, 0.15) is 15.9 Å². The summed E-state index contributed by atoms with van der Waals surface area (Å²) < 4.78 is 37.1. The normalized spacial score (nSPS) is 11.1. The molecule has 2 nitrogen and oxygen atoms in total. The molecule has 0 aliphatic carbocycles. The Morgan fingerprint density at radius 1 is 1.41 bits per heavy atom. The lowest BCUT2D eigenvalue weighted by atomic mass is 10.1. The zero-order valence-electron chi connectivity index (χ0n) is 8.64. The third kappa shape index (κ3) is 4.11. The minimum atomic E-state index is -4.47. The Hall–Kier alpha value is -1.49. The Labute approximate surface area is 101 Å². The van der Waals surface area contributed by atoms with Crippen LogP contribution in [0.4, 0.5) is 13.2 Å². The van der Waals surface area contributed by atoms with E-state index in [0.717, 1.165) is 12.1 Å². The quantitative estimate of drug-likeness (QED) is 0.892. The molecular weight excluding hydrogens is 255 g/mol. The number of amides is 1. The molecule has 0 aromatic heterocycles. The van der Waals surface area contributed by atoms with Gasteiger partial charge in [-0.15, -0.1) is 0 Å². The fourth-order valence-electron chi connectivity index (χ4n) is 1.12. The number of nitrogens with one attached hydrogen (secondary N) is 1. The van der Waals surface area contributed by atoms with Gasteiger partial charge in [-0.3, -0.25) is 4.79 Å². The molecule has 0 fully saturated rings. The van der Waals surface area contributed by atoms with Gasteiger partial charge in [0.15, 0.2) is 0 Å². The summed E-state index contributed by atoms with van der Waals surface area (Å²) in [7, 11) is 0. The van der Waals surface area contributed by atoms with E-state index in [1.165, 1.54) is 12.1 Å². The summed E-state index contributed by atoms with van der Waals surface area (Å²) >= 11 is 5.42. The third-order valence-corrected chi connectivity index (χ3v) is 2.03. The monoisotopic (exact) mass is 263 g/mol. The summed E-state index contributed by atoms with van der Waals surface area (Å²) in [6.45, 7) is 3.36. The number of halogens is 4. The zero-order chi connectivity index (χ0) is 13.1. The van der Waals surface area contributed by atoms with Crippen LogP contribution in [0.25, 0.3) is 0 Å². The number of carbonyl (C=O) groups excluding carboxylic acids is 1. The van der Waals surface area contributed by atoms with Crippen LogP contribution in [-0.2, 0) is 6.18 Å². The van der Waals surface area contributed by atoms with E-state index in [9.17, 15) is 18.0 Å². The van der Waals surface area contributed by atoms with Crippen molar-refractivity contribution in [2.45, 2.75) is 6.18 Å². The Morgan fingerprint density at radius 2 is 2.06 bits per heavy atom. The number of carbonyl (C=O) groups is 1. The molecular formula is C11H9ClF3NO. The van der Waals surface area contributed by atoms with Crippen LogP contribution in [-0.4, -0.2) is 12.5 Å². The average molecular weight is 264 g/mol. The number of benzene rings is 1. The molecule has 92 valence electrons. The van der Waals surface area contributed by atoms with Gasteiger partial charge >= 0.3 is 6.18 Å². The van der Waals surface area contributed by atoms with Gasteiger partial charge in [-0.1, -0.05) is 24.2 Å². The van der Waals surface area contributed by atoms with Crippen molar-refractivity contribution in [3.8, 4) is 0 Å². The van der Waals surface area contributed by atoms with E-state index >= 15 is 0 Å². The molecule has 0 saturated heterocycles. The van der Waals surface area contributed by atoms with E-state index in [2.05, 4.69) is 11.9 Å². The highest BCUT2D eigenvalue weighted by molar-refractivity contribution is 6.29. The van der Waals surface area contributed by atoms with E-state index in [4.69, 9.17) is 11.6 Å². The molecule has 0 unspecified atom stereocenters. The number of alkyl halides is 3. The third-order valence-electron chi connectivity index (χ3n) is 1.89. The van der Waals surface area contributed by atoms with Gasteiger partial charge in [0.25, 0.3) is 5.91 Å². The van der Waals surface area contributed by atoms with E-state index in [1.54, 1.807) is 0 Å². The second kappa shape index (κ2) is 5.23. The fourth-order valence-corrected chi connectivity index (χ4v) is 1.18. The van der Waals surface area contributed by atoms with Crippen LogP contribution in [0, 0.1) is 0 Å². The van der Waals surface area contributed by atoms with Gasteiger partial charge < -0.3 is 5.32 Å².